The van der Waals surface area contributed by atoms with E-state index in [1.807, 2.05) is 0 Å². The van der Waals surface area contributed by atoms with Gasteiger partial charge < -0.3 is 5.32 Å². The molecule has 0 bridgehead atoms. The van der Waals surface area contributed by atoms with Crippen LogP contribution in [0.25, 0.3) is 0 Å². The lowest BCUT2D eigenvalue weighted by Crippen LogP contribution is -2.43. The molecular weight excluding hydrogens is 222 g/mol. The van der Waals surface area contributed by atoms with Gasteiger partial charge in [0.2, 0.25) is 0 Å². The molecule has 1 saturated carbocycles. The molecule has 0 amide bonds. The van der Waals surface area contributed by atoms with Crippen LogP contribution >= 0.6 is 0 Å². The predicted octanol–water partition coefficient (Wildman–Crippen LogP) is 3.15. The van der Waals surface area contributed by atoms with E-state index in [0.717, 1.165) is 6.54 Å². The molecule has 0 aromatic carbocycles. The quantitative estimate of drug-likeness (QED) is 0.892. The largest absolute Gasteiger partial charge is 0.312 e. The van der Waals surface area contributed by atoms with E-state index in [1.165, 1.54) is 29.8 Å². The third-order valence-electron chi connectivity index (χ3n) is 4.74. The van der Waals surface area contributed by atoms with Gasteiger partial charge in [0.15, 0.2) is 0 Å². The molecule has 1 aromatic heterocycles. The second-order valence-electron chi connectivity index (χ2n) is 6.37. The lowest BCUT2D eigenvalue weighted by molar-refractivity contribution is 0.243. The Balaban J connectivity index is 2.35. The first-order valence-corrected chi connectivity index (χ1v) is 7.14. The van der Waals surface area contributed by atoms with E-state index < -0.39 is 0 Å². The van der Waals surface area contributed by atoms with Crippen LogP contribution in [0.1, 0.15) is 56.6 Å². The first-order valence-electron chi connectivity index (χ1n) is 7.14. The number of aromatic nitrogens is 2. The SMILES string of the molecule is CCNC1C(n2nc(C)c(C)c2C)CCC1(C)C. The predicted molar refractivity (Wildman–Crippen MR) is 76.0 cm³/mol. The number of nitrogens with zero attached hydrogens (tertiary/aromatic N) is 2. The number of rotatable bonds is 3. The van der Waals surface area contributed by atoms with Gasteiger partial charge in [-0.05, 0) is 51.1 Å². The Bertz CT molecular complexity index is 431. The van der Waals surface area contributed by atoms with Crippen molar-refractivity contribution in [1.82, 2.24) is 15.1 Å². The maximum Gasteiger partial charge on any atom is 0.0680 e. The van der Waals surface area contributed by atoms with Crippen molar-refractivity contribution >= 4 is 0 Å². The van der Waals surface area contributed by atoms with Crippen LogP contribution in [0.4, 0.5) is 0 Å². The third-order valence-corrected chi connectivity index (χ3v) is 4.74. The highest BCUT2D eigenvalue weighted by Gasteiger charge is 2.43. The van der Waals surface area contributed by atoms with Gasteiger partial charge in [0.25, 0.3) is 0 Å². The number of hydrogen-bond acceptors (Lipinski definition) is 2. The molecule has 2 rings (SSSR count). The summed E-state index contributed by atoms with van der Waals surface area (Å²) < 4.78 is 2.27. The molecule has 1 fully saturated rings. The molecule has 1 aliphatic carbocycles. The Hall–Kier alpha value is -0.830. The minimum atomic E-state index is 0.362. The molecule has 0 spiro atoms. The minimum Gasteiger partial charge on any atom is -0.312 e. The maximum atomic E-state index is 4.77. The van der Waals surface area contributed by atoms with E-state index in [2.05, 4.69) is 51.5 Å². The second kappa shape index (κ2) is 4.69. The Kier molecular flexibility index (Phi) is 3.54. The van der Waals surface area contributed by atoms with Gasteiger partial charge in [-0.3, -0.25) is 4.68 Å². The fraction of sp³-hybridized carbons (Fsp3) is 0.800. The first-order chi connectivity index (χ1) is 8.38. The monoisotopic (exact) mass is 249 g/mol. The number of nitrogens with one attached hydrogen (secondary N) is 1. The molecule has 3 heteroatoms. The molecule has 2 atom stereocenters. The van der Waals surface area contributed by atoms with Crippen molar-refractivity contribution in [2.45, 2.75) is 66.5 Å². The summed E-state index contributed by atoms with van der Waals surface area (Å²) in [6, 6.07) is 1.03. The number of likely N-dealkylation sites (N-methyl/N-ethyl adjacent to an activating group) is 1. The summed E-state index contributed by atoms with van der Waals surface area (Å²) in [6.45, 7) is 14.5. The highest BCUT2D eigenvalue weighted by molar-refractivity contribution is 5.23. The van der Waals surface area contributed by atoms with Gasteiger partial charge in [0.1, 0.15) is 0 Å². The summed E-state index contributed by atoms with van der Waals surface area (Å²) in [7, 11) is 0. The van der Waals surface area contributed by atoms with Crippen LogP contribution in [-0.4, -0.2) is 22.4 Å². The van der Waals surface area contributed by atoms with Crippen LogP contribution in [0.2, 0.25) is 0 Å². The molecule has 1 aromatic rings. The standard InChI is InChI=1S/C15H27N3/c1-7-16-14-13(8-9-15(14,5)6)18-12(4)10(2)11(3)17-18/h13-14,16H,7-9H2,1-6H3. The van der Waals surface area contributed by atoms with Crippen LogP contribution in [0.15, 0.2) is 0 Å². The number of aryl methyl sites for hydroxylation is 1. The third kappa shape index (κ3) is 2.09. The van der Waals surface area contributed by atoms with Gasteiger partial charge in [0.05, 0.1) is 11.7 Å². The van der Waals surface area contributed by atoms with E-state index in [9.17, 15) is 0 Å². The Morgan fingerprint density at radius 3 is 2.50 bits per heavy atom. The van der Waals surface area contributed by atoms with Gasteiger partial charge in [-0.2, -0.15) is 5.10 Å². The normalized spacial score (nSPS) is 26.8. The summed E-state index contributed by atoms with van der Waals surface area (Å²) in [6.07, 6.45) is 2.50. The zero-order chi connectivity index (χ0) is 13.5. The van der Waals surface area contributed by atoms with E-state index in [4.69, 9.17) is 5.10 Å². The van der Waals surface area contributed by atoms with Crippen LogP contribution in [0, 0.1) is 26.2 Å². The van der Waals surface area contributed by atoms with E-state index >= 15 is 0 Å². The lowest BCUT2D eigenvalue weighted by Gasteiger charge is -2.32. The molecule has 18 heavy (non-hydrogen) atoms. The molecule has 0 aliphatic heterocycles. The maximum absolute atomic E-state index is 4.77. The van der Waals surface area contributed by atoms with Crippen LogP contribution in [0.3, 0.4) is 0 Å². The highest BCUT2D eigenvalue weighted by atomic mass is 15.3. The zero-order valence-corrected chi connectivity index (χ0v) is 12.7. The fourth-order valence-electron chi connectivity index (χ4n) is 3.33. The van der Waals surface area contributed by atoms with Crippen molar-refractivity contribution in [1.29, 1.82) is 0 Å². The lowest BCUT2D eigenvalue weighted by atomic mass is 9.86. The molecule has 102 valence electrons. The van der Waals surface area contributed by atoms with Crippen LogP contribution < -0.4 is 5.32 Å². The fourth-order valence-corrected chi connectivity index (χ4v) is 3.33. The molecule has 1 N–H and O–H groups in total. The minimum absolute atomic E-state index is 0.362. The number of hydrogen-bond donors (Lipinski definition) is 1. The van der Waals surface area contributed by atoms with Crippen molar-refractivity contribution in [3.05, 3.63) is 17.0 Å². The summed E-state index contributed by atoms with van der Waals surface area (Å²) in [5.41, 5.74) is 4.21. The Morgan fingerprint density at radius 1 is 1.33 bits per heavy atom. The van der Waals surface area contributed by atoms with Crippen molar-refractivity contribution in [2.24, 2.45) is 5.41 Å². The molecule has 0 saturated heterocycles. The molecular formula is C15H27N3. The molecule has 1 heterocycles. The van der Waals surface area contributed by atoms with Gasteiger partial charge in [0, 0.05) is 11.7 Å². The van der Waals surface area contributed by atoms with E-state index in [0.29, 0.717) is 17.5 Å². The van der Waals surface area contributed by atoms with Crippen molar-refractivity contribution < 1.29 is 0 Å². The molecule has 2 unspecified atom stereocenters. The smallest absolute Gasteiger partial charge is 0.0680 e. The highest BCUT2D eigenvalue weighted by Crippen LogP contribution is 2.44. The van der Waals surface area contributed by atoms with Crippen molar-refractivity contribution in [3.63, 3.8) is 0 Å². The van der Waals surface area contributed by atoms with Crippen LogP contribution in [-0.2, 0) is 0 Å². The van der Waals surface area contributed by atoms with E-state index in [-0.39, 0.29) is 0 Å². The van der Waals surface area contributed by atoms with Crippen molar-refractivity contribution in [3.8, 4) is 0 Å². The summed E-state index contributed by atoms with van der Waals surface area (Å²) in [4.78, 5) is 0. The van der Waals surface area contributed by atoms with Crippen LogP contribution in [0.5, 0.6) is 0 Å². The average molecular weight is 249 g/mol. The van der Waals surface area contributed by atoms with Gasteiger partial charge in [-0.1, -0.05) is 20.8 Å². The Labute approximate surface area is 111 Å². The molecule has 0 radical (unpaired) electrons. The van der Waals surface area contributed by atoms with Gasteiger partial charge >= 0.3 is 0 Å². The molecule has 1 aliphatic rings. The topological polar surface area (TPSA) is 29.9 Å². The zero-order valence-electron chi connectivity index (χ0n) is 12.7. The summed E-state index contributed by atoms with van der Waals surface area (Å²) in [5, 5.41) is 8.44. The van der Waals surface area contributed by atoms with E-state index in [1.54, 1.807) is 0 Å². The first kappa shape index (κ1) is 13.6. The Morgan fingerprint density at radius 2 is 2.00 bits per heavy atom. The second-order valence-corrected chi connectivity index (χ2v) is 6.37. The summed E-state index contributed by atoms with van der Waals surface area (Å²) in [5.74, 6) is 0. The molecule has 3 nitrogen and oxygen atoms in total. The van der Waals surface area contributed by atoms with Gasteiger partial charge in [-0.15, -0.1) is 0 Å². The summed E-state index contributed by atoms with van der Waals surface area (Å²) >= 11 is 0. The van der Waals surface area contributed by atoms with Gasteiger partial charge in [-0.25, -0.2) is 0 Å². The average Bonchev–Trinajstić information content (AvgIpc) is 2.73. The van der Waals surface area contributed by atoms with Crippen molar-refractivity contribution in [2.75, 3.05) is 6.54 Å².